The zero-order valence-electron chi connectivity index (χ0n) is 4.89. The Kier molecular flexibility index (Phi) is 5.92. The van der Waals surface area contributed by atoms with Crippen LogP contribution in [0.2, 0.25) is 0 Å². The van der Waals surface area contributed by atoms with Crippen LogP contribution in [-0.4, -0.2) is 0 Å². The molecule has 2 heteroatoms. The fourth-order valence-electron chi connectivity index (χ4n) is 0.438. The van der Waals surface area contributed by atoms with Crippen molar-refractivity contribution in [1.82, 2.24) is 0 Å². The SMILES string of the molecule is [K+].[PH-]c1ccccc1. The molecule has 0 fully saturated rings. The van der Waals surface area contributed by atoms with Gasteiger partial charge in [-0.15, -0.1) is 0 Å². The fraction of sp³-hybridized carbons (Fsp3) is 0. The van der Waals surface area contributed by atoms with Gasteiger partial charge in [-0.25, -0.2) is 5.30 Å². The van der Waals surface area contributed by atoms with Crippen LogP contribution in [0, 0.1) is 0 Å². The molecule has 1 aromatic carbocycles. The van der Waals surface area contributed by atoms with Crippen LogP contribution in [0.1, 0.15) is 0 Å². The molecule has 0 bridgehead atoms. The third-order valence-corrected chi connectivity index (χ3v) is 1.11. The summed E-state index contributed by atoms with van der Waals surface area (Å²) in [6.07, 6.45) is 0. The van der Waals surface area contributed by atoms with Crippen LogP contribution in [0.25, 0.3) is 0 Å². The van der Waals surface area contributed by atoms with Gasteiger partial charge in [0.25, 0.3) is 0 Å². The van der Waals surface area contributed by atoms with Gasteiger partial charge in [-0.05, 0) is 0 Å². The molecule has 0 heterocycles. The number of benzene rings is 1. The molecule has 36 valence electrons. The Morgan fingerprint density at radius 3 is 1.75 bits per heavy atom. The van der Waals surface area contributed by atoms with E-state index in [1.807, 2.05) is 30.3 Å². The monoisotopic (exact) mass is 148 g/mol. The summed E-state index contributed by atoms with van der Waals surface area (Å²) in [4.78, 5) is 0. The number of rotatable bonds is 0. The van der Waals surface area contributed by atoms with Gasteiger partial charge in [-0.3, -0.25) is 0 Å². The minimum Gasteiger partial charge on any atom is -0.525 e. The first kappa shape index (κ1) is 9.29. The molecule has 0 nitrogen and oxygen atoms in total. The summed E-state index contributed by atoms with van der Waals surface area (Å²) in [5, 5.41) is 1.13. The average Bonchev–Trinajstić information content (AvgIpc) is 1.69. The second-order valence-electron chi connectivity index (χ2n) is 1.37. The van der Waals surface area contributed by atoms with Crippen molar-refractivity contribution in [3.63, 3.8) is 0 Å². The van der Waals surface area contributed by atoms with Crippen molar-refractivity contribution in [2.45, 2.75) is 0 Å². The van der Waals surface area contributed by atoms with Crippen LogP contribution in [-0.2, 0) is 0 Å². The second-order valence-corrected chi connectivity index (χ2v) is 1.94. The van der Waals surface area contributed by atoms with Gasteiger partial charge < -0.3 is 9.24 Å². The third-order valence-electron chi connectivity index (χ3n) is 0.774. The summed E-state index contributed by atoms with van der Waals surface area (Å²) >= 11 is 0. The topological polar surface area (TPSA) is 0 Å². The Labute approximate surface area is 94.7 Å². The summed E-state index contributed by atoms with van der Waals surface area (Å²) in [7, 11) is 3.36. The van der Waals surface area contributed by atoms with Gasteiger partial charge in [0, 0.05) is 0 Å². The summed E-state index contributed by atoms with van der Waals surface area (Å²) < 4.78 is 0. The smallest absolute Gasteiger partial charge is 0.525 e. The molecule has 0 saturated carbocycles. The molecule has 0 radical (unpaired) electrons. The first-order valence-electron chi connectivity index (χ1n) is 2.16. The third kappa shape index (κ3) is 3.34. The van der Waals surface area contributed by atoms with Gasteiger partial charge in [-0.2, -0.15) is 0 Å². The maximum atomic E-state index is 3.36. The summed E-state index contributed by atoms with van der Waals surface area (Å²) in [6.45, 7) is 0. The zero-order valence-corrected chi connectivity index (χ0v) is 9.01. The molecular weight excluding hydrogens is 142 g/mol. The van der Waals surface area contributed by atoms with Crippen LogP contribution in [0.4, 0.5) is 0 Å². The zero-order chi connectivity index (χ0) is 5.11. The molecule has 0 aliphatic heterocycles. The van der Waals surface area contributed by atoms with Crippen molar-refractivity contribution in [1.29, 1.82) is 0 Å². The van der Waals surface area contributed by atoms with E-state index in [0.717, 1.165) is 5.30 Å². The van der Waals surface area contributed by atoms with Crippen molar-refractivity contribution in [2.24, 2.45) is 0 Å². The minimum absolute atomic E-state index is 0. The van der Waals surface area contributed by atoms with Crippen molar-refractivity contribution in [2.75, 3.05) is 0 Å². The van der Waals surface area contributed by atoms with Crippen LogP contribution < -0.4 is 56.7 Å². The van der Waals surface area contributed by atoms with E-state index in [0.29, 0.717) is 0 Å². The van der Waals surface area contributed by atoms with Gasteiger partial charge in [0.05, 0.1) is 0 Å². The maximum Gasteiger partial charge on any atom is 1.00 e. The van der Waals surface area contributed by atoms with E-state index in [9.17, 15) is 0 Å². The van der Waals surface area contributed by atoms with Crippen molar-refractivity contribution >= 4 is 14.5 Å². The van der Waals surface area contributed by atoms with Crippen LogP contribution in [0.15, 0.2) is 30.3 Å². The molecule has 0 N–H and O–H groups in total. The number of hydrogen-bond acceptors (Lipinski definition) is 0. The Bertz CT molecular complexity index is 138. The Hall–Kier alpha value is 1.29. The maximum absolute atomic E-state index is 3.36. The average molecular weight is 148 g/mol. The van der Waals surface area contributed by atoms with Gasteiger partial charge >= 0.3 is 51.4 Å². The summed E-state index contributed by atoms with van der Waals surface area (Å²) in [5.41, 5.74) is 0. The first-order valence-corrected chi connectivity index (χ1v) is 2.66. The Morgan fingerprint density at radius 2 is 1.50 bits per heavy atom. The standard InChI is InChI=1S/C6H6P.K/c7-6-4-2-1-3-5-6;/h1-5,7H;/q-1;+1. The van der Waals surface area contributed by atoms with E-state index >= 15 is 0 Å². The first-order chi connectivity index (χ1) is 3.39. The summed E-state index contributed by atoms with van der Waals surface area (Å²) in [5.74, 6) is 0. The van der Waals surface area contributed by atoms with E-state index in [1.54, 1.807) is 0 Å². The van der Waals surface area contributed by atoms with Crippen molar-refractivity contribution in [3.05, 3.63) is 30.3 Å². The molecule has 0 amide bonds. The van der Waals surface area contributed by atoms with E-state index in [-0.39, 0.29) is 51.4 Å². The Morgan fingerprint density at radius 1 is 1.00 bits per heavy atom. The molecule has 0 aliphatic carbocycles. The predicted octanol–water partition coefficient (Wildman–Crippen LogP) is -1.54. The molecular formula is C6H6KP. The van der Waals surface area contributed by atoms with Crippen LogP contribution in [0.3, 0.4) is 0 Å². The Balaban J connectivity index is 0.000000490. The largest absolute Gasteiger partial charge is 1.00 e. The molecule has 0 spiro atoms. The molecule has 8 heavy (non-hydrogen) atoms. The van der Waals surface area contributed by atoms with Crippen LogP contribution in [0.5, 0.6) is 0 Å². The molecule has 0 aromatic heterocycles. The van der Waals surface area contributed by atoms with Gasteiger partial charge in [0.15, 0.2) is 0 Å². The van der Waals surface area contributed by atoms with Gasteiger partial charge in [-0.1, -0.05) is 30.3 Å². The normalized spacial score (nSPS) is 7.62. The summed E-state index contributed by atoms with van der Waals surface area (Å²) in [6, 6.07) is 9.96. The van der Waals surface area contributed by atoms with Crippen molar-refractivity contribution < 1.29 is 51.4 Å². The second kappa shape index (κ2) is 5.10. The van der Waals surface area contributed by atoms with Crippen LogP contribution >= 0.6 is 9.24 Å². The molecule has 0 atom stereocenters. The minimum atomic E-state index is 0. The van der Waals surface area contributed by atoms with E-state index in [1.165, 1.54) is 0 Å². The van der Waals surface area contributed by atoms with E-state index in [4.69, 9.17) is 0 Å². The van der Waals surface area contributed by atoms with Crippen molar-refractivity contribution in [3.8, 4) is 0 Å². The fourth-order valence-corrected chi connectivity index (χ4v) is 0.631. The predicted molar refractivity (Wildman–Crippen MR) is 34.4 cm³/mol. The quantitative estimate of drug-likeness (QED) is 0.309. The molecule has 0 aliphatic rings. The van der Waals surface area contributed by atoms with E-state index in [2.05, 4.69) is 9.24 Å². The molecule has 1 rings (SSSR count). The van der Waals surface area contributed by atoms with E-state index < -0.39 is 0 Å². The van der Waals surface area contributed by atoms with Gasteiger partial charge in [0.2, 0.25) is 0 Å². The molecule has 1 aromatic rings. The molecule has 0 unspecified atom stereocenters. The molecule has 0 saturated heterocycles. The number of hydrogen-bond donors (Lipinski definition) is 0. The van der Waals surface area contributed by atoms with Gasteiger partial charge in [0.1, 0.15) is 0 Å².